The third-order valence-corrected chi connectivity index (χ3v) is 3.91. The maximum atomic E-state index is 12.3. The Hall–Kier alpha value is -3.22. The highest BCUT2D eigenvalue weighted by atomic mass is 16.2. The number of carbonyl (C=O) groups excluding carboxylic acids is 1. The van der Waals surface area contributed by atoms with Gasteiger partial charge in [0.1, 0.15) is 6.54 Å². The van der Waals surface area contributed by atoms with E-state index in [2.05, 4.69) is 27.7 Å². The number of nitrogens with two attached hydrogens (primary N) is 1. The molecule has 0 saturated heterocycles. The lowest BCUT2D eigenvalue weighted by Gasteiger charge is -2.12. The van der Waals surface area contributed by atoms with Crippen LogP contribution in [-0.2, 0) is 17.8 Å². The van der Waals surface area contributed by atoms with E-state index in [4.69, 9.17) is 5.73 Å². The van der Waals surface area contributed by atoms with Gasteiger partial charge in [0.25, 0.3) is 0 Å². The SMILES string of the molecule is CCc1cccc(C)c1NC(=O)Cn1nnc(-c2ccc(N)cc2)n1. The number of nitrogens with zero attached hydrogens (tertiary/aromatic N) is 4. The molecular formula is C18H20N6O. The number of amides is 1. The van der Waals surface area contributed by atoms with E-state index < -0.39 is 0 Å². The van der Waals surface area contributed by atoms with E-state index in [-0.39, 0.29) is 12.5 Å². The van der Waals surface area contributed by atoms with Crippen LogP contribution in [0, 0.1) is 6.92 Å². The average molecular weight is 336 g/mol. The number of aryl methyl sites for hydroxylation is 2. The normalized spacial score (nSPS) is 10.6. The molecule has 2 aromatic carbocycles. The molecule has 0 spiro atoms. The van der Waals surface area contributed by atoms with Gasteiger partial charge in [-0.25, -0.2) is 0 Å². The Morgan fingerprint density at radius 2 is 1.96 bits per heavy atom. The summed E-state index contributed by atoms with van der Waals surface area (Å²) in [6, 6.07) is 13.1. The largest absolute Gasteiger partial charge is 0.399 e. The lowest BCUT2D eigenvalue weighted by atomic mass is 10.1. The highest BCUT2D eigenvalue weighted by Gasteiger charge is 2.12. The van der Waals surface area contributed by atoms with Crippen molar-refractivity contribution in [3.05, 3.63) is 53.6 Å². The van der Waals surface area contributed by atoms with Gasteiger partial charge >= 0.3 is 0 Å². The van der Waals surface area contributed by atoms with Gasteiger partial charge in [-0.05, 0) is 54.0 Å². The zero-order valence-corrected chi connectivity index (χ0v) is 14.2. The number of nitrogen functional groups attached to an aromatic ring is 1. The molecule has 3 rings (SSSR count). The van der Waals surface area contributed by atoms with Crippen LogP contribution >= 0.6 is 0 Å². The summed E-state index contributed by atoms with van der Waals surface area (Å²) in [6.07, 6.45) is 0.847. The Morgan fingerprint density at radius 1 is 1.20 bits per heavy atom. The Kier molecular flexibility index (Phi) is 4.74. The maximum absolute atomic E-state index is 12.3. The van der Waals surface area contributed by atoms with Crippen LogP contribution in [0.4, 0.5) is 11.4 Å². The molecule has 0 aliphatic carbocycles. The van der Waals surface area contributed by atoms with E-state index in [1.807, 2.05) is 37.3 Å². The van der Waals surface area contributed by atoms with Crippen molar-refractivity contribution in [2.45, 2.75) is 26.8 Å². The minimum absolute atomic E-state index is 0.000535. The second kappa shape index (κ2) is 7.12. The van der Waals surface area contributed by atoms with Crippen LogP contribution in [0.2, 0.25) is 0 Å². The van der Waals surface area contributed by atoms with Crippen molar-refractivity contribution < 1.29 is 4.79 Å². The van der Waals surface area contributed by atoms with Gasteiger partial charge in [0.05, 0.1) is 0 Å². The molecule has 0 aliphatic heterocycles. The summed E-state index contributed by atoms with van der Waals surface area (Å²) >= 11 is 0. The zero-order valence-electron chi connectivity index (χ0n) is 14.2. The molecule has 1 heterocycles. The van der Waals surface area contributed by atoms with E-state index in [0.29, 0.717) is 11.5 Å². The molecule has 0 aliphatic rings. The third-order valence-electron chi connectivity index (χ3n) is 3.91. The second-order valence-corrected chi connectivity index (χ2v) is 5.78. The molecule has 0 atom stereocenters. The summed E-state index contributed by atoms with van der Waals surface area (Å²) in [5, 5.41) is 15.1. The van der Waals surface area contributed by atoms with Crippen LogP contribution in [0.1, 0.15) is 18.1 Å². The molecule has 7 nitrogen and oxygen atoms in total. The number of para-hydroxylation sites is 1. The van der Waals surface area contributed by atoms with Crippen molar-refractivity contribution in [3.8, 4) is 11.4 Å². The standard InChI is InChI=1S/C18H20N6O/c1-3-13-6-4-5-12(2)17(13)20-16(25)11-24-22-18(21-23-24)14-7-9-15(19)10-8-14/h4-10H,3,11,19H2,1-2H3,(H,20,25). The van der Waals surface area contributed by atoms with Crippen LogP contribution in [0.3, 0.4) is 0 Å². The monoisotopic (exact) mass is 336 g/mol. The number of nitrogens with one attached hydrogen (secondary N) is 1. The van der Waals surface area contributed by atoms with Crippen LogP contribution in [0.5, 0.6) is 0 Å². The van der Waals surface area contributed by atoms with Gasteiger partial charge in [-0.3, -0.25) is 4.79 Å². The summed E-state index contributed by atoms with van der Waals surface area (Å²) in [6.45, 7) is 4.03. The summed E-state index contributed by atoms with van der Waals surface area (Å²) in [4.78, 5) is 13.6. The fourth-order valence-electron chi connectivity index (χ4n) is 2.57. The molecule has 0 bridgehead atoms. The van der Waals surface area contributed by atoms with Crippen LogP contribution in [0.25, 0.3) is 11.4 Å². The van der Waals surface area contributed by atoms with Crippen LogP contribution in [0.15, 0.2) is 42.5 Å². The predicted molar refractivity (Wildman–Crippen MR) is 96.9 cm³/mol. The van der Waals surface area contributed by atoms with Gasteiger partial charge in [-0.1, -0.05) is 25.1 Å². The van der Waals surface area contributed by atoms with Crippen molar-refractivity contribution in [1.29, 1.82) is 0 Å². The zero-order chi connectivity index (χ0) is 17.8. The molecule has 1 amide bonds. The van der Waals surface area contributed by atoms with Crippen molar-refractivity contribution in [2.24, 2.45) is 0 Å². The quantitative estimate of drug-likeness (QED) is 0.697. The number of hydrogen-bond donors (Lipinski definition) is 2. The second-order valence-electron chi connectivity index (χ2n) is 5.78. The number of aromatic nitrogens is 4. The first-order valence-electron chi connectivity index (χ1n) is 8.09. The molecule has 3 N–H and O–H groups in total. The molecule has 25 heavy (non-hydrogen) atoms. The van der Waals surface area contributed by atoms with Crippen molar-refractivity contribution in [2.75, 3.05) is 11.1 Å². The molecule has 1 aromatic heterocycles. The van der Waals surface area contributed by atoms with E-state index in [1.54, 1.807) is 12.1 Å². The van der Waals surface area contributed by atoms with E-state index in [9.17, 15) is 4.79 Å². The molecule has 0 unspecified atom stereocenters. The Morgan fingerprint density at radius 3 is 2.68 bits per heavy atom. The number of carbonyl (C=O) groups is 1. The Balaban J connectivity index is 1.71. The summed E-state index contributed by atoms with van der Waals surface area (Å²) in [7, 11) is 0. The fourth-order valence-corrected chi connectivity index (χ4v) is 2.57. The topological polar surface area (TPSA) is 98.7 Å². The maximum Gasteiger partial charge on any atom is 0.248 e. The number of anilines is 2. The van der Waals surface area contributed by atoms with Gasteiger partial charge in [0.2, 0.25) is 11.7 Å². The molecule has 0 radical (unpaired) electrons. The van der Waals surface area contributed by atoms with E-state index in [1.165, 1.54) is 4.80 Å². The van der Waals surface area contributed by atoms with E-state index in [0.717, 1.165) is 28.8 Å². The smallest absolute Gasteiger partial charge is 0.248 e. The summed E-state index contributed by atoms with van der Waals surface area (Å²) < 4.78 is 0. The first-order chi connectivity index (χ1) is 12.1. The Bertz CT molecular complexity index is 885. The summed E-state index contributed by atoms with van der Waals surface area (Å²) in [5.74, 6) is 0.267. The fraction of sp³-hybridized carbons (Fsp3) is 0.222. The highest BCUT2D eigenvalue weighted by Crippen LogP contribution is 2.21. The average Bonchev–Trinajstić information content (AvgIpc) is 3.05. The minimum atomic E-state index is -0.190. The highest BCUT2D eigenvalue weighted by molar-refractivity contribution is 5.92. The Labute approximate surface area is 145 Å². The van der Waals surface area contributed by atoms with Crippen LogP contribution in [-0.4, -0.2) is 26.1 Å². The lowest BCUT2D eigenvalue weighted by molar-refractivity contribution is -0.117. The van der Waals surface area contributed by atoms with Gasteiger partial charge in [0.15, 0.2) is 0 Å². The number of benzene rings is 2. The molecule has 3 aromatic rings. The molecular weight excluding hydrogens is 316 g/mol. The first-order valence-corrected chi connectivity index (χ1v) is 8.09. The van der Waals surface area contributed by atoms with Crippen molar-refractivity contribution in [3.63, 3.8) is 0 Å². The number of tetrazole rings is 1. The molecule has 0 saturated carbocycles. The van der Waals surface area contributed by atoms with Gasteiger partial charge in [-0.15, -0.1) is 10.2 Å². The summed E-state index contributed by atoms with van der Waals surface area (Å²) in [5.41, 5.74) is 10.1. The lowest BCUT2D eigenvalue weighted by Crippen LogP contribution is -2.21. The predicted octanol–water partition coefficient (Wildman–Crippen LogP) is 2.43. The third kappa shape index (κ3) is 3.82. The minimum Gasteiger partial charge on any atom is -0.399 e. The van der Waals surface area contributed by atoms with Gasteiger partial charge in [-0.2, -0.15) is 4.80 Å². The van der Waals surface area contributed by atoms with Crippen LogP contribution < -0.4 is 11.1 Å². The van der Waals surface area contributed by atoms with Crippen molar-refractivity contribution >= 4 is 17.3 Å². The molecule has 0 fully saturated rings. The van der Waals surface area contributed by atoms with Gasteiger partial charge in [0, 0.05) is 16.9 Å². The van der Waals surface area contributed by atoms with Gasteiger partial charge < -0.3 is 11.1 Å². The van der Waals surface area contributed by atoms with Crippen molar-refractivity contribution in [1.82, 2.24) is 20.2 Å². The first kappa shape index (κ1) is 16.6. The van der Waals surface area contributed by atoms with E-state index >= 15 is 0 Å². The molecule has 128 valence electrons. The number of hydrogen-bond acceptors (Lipinski definition) is 5. The molecule has 7 heteroatoms. The number of rotatable bonds is 5.